The van der Waals surface area contributed by atoms with Gasteiger partial charge in [0.05, 0.1) is 5.56 Å². The molecule has 1 rings (SSSR count). The average Bonchev–Trinajstić information content (AvgIpc) is 2.03. The first-order valence-corrected chi connectivity index (χ1v) is 4.66. The van der Waals surface area contributed by atoms with Crippen LogP contribution in [-0.2, 0) is 0 Å². The van der Waals surface area contributed by atoms with Crippen molar-refractivity contribution in [2.75, 3.05) is 0 Å². The molecule has 0 unspecified atom stereocenters. The lowest BCUT2D eigenvalue weighted by atomic mass is 10.2. The Bertz CT molecular complexity index is 354. The van der Waals surface area contributed by atoms with Crippen molar-refractivity contribution in [3.05, 3.63) is 34.3 Å². The molecular formula is C8H7BrN2OS. The fourth-order valence-electron chi connectivity index (χ4n) is 0.825. The van der Waals surface area contributed by atoms with E-state index in [4.69, 9.17) is 5.73 Å². The van der Waals surface area contributed by atoms with Gasteiger partial charge in [-0.2, -0.15) is 0 Å². The molecular weight excluding hydrogens is 252 g/mol. The number of amides is 1. The Hall–Kier alpha value is -0.940. The van der Waals surface area contributed by atoms with E-state index >= 15 is 0 Å². The number of carbonyl (C=O) groups excluding carboxylic acids is 1. The van der Waals surface area contributed by atoms with Crippen LogP contribution in [-0.4, -0.2) is 11.0 Å². The topological polar surface area (TPSA) is 55.1 Å². The summed E-state index contributed by atoms with van der Waals surface area (Å²) in [5.41, 5.74) is 5.67. The fraction of sp³-hybridized carbons (Fsp3) is 0. The number of hydrogen-bond donors (Lipinski definition) is 2. The lowest BCUT2D eigenvalue weighted by molar-refractivity contribution is 0.0976. The van der Waals surface area contributed by atoms with E-state index in [1.807, 2.05) is 6.07 Å². The van der Waals surface area contributed by atoms with Crippen LogP contribution in [0.15, 0.2) is 28.7 Å². The van der Waals surface area contributed by atoms with Crippen LogP contribution in [0.5, 0.6) is 0 Å². The van der Waals surface area contributed by atoms with Gasteiger partial charge in [-0.25, -0.2) is 0 Å². The number of nitrogens with one attached hydrogen (secondary N) is 1. The lowest BCUT2D eigenvalue weighted by Gasteiger charge is -2.03. The Morgan fingerprint density at radius 2 is 2.08 bits per heavy atom. The molecule has 0 radical (unpaired) electrons. The van der Waals surface area contributed by atoms with Gasteiger partial charge in [0.25, 0.3) is 5.91 Å². The Morgan fingerprint density at radius 1 is 1.46 bits per heavy atom. The molecule has 0 fully saturated rings. The van der Waals surface area contributed by atoms with Crippen molar-refractivity contribution in [2.45, 2.75) is 0 Å². The van der Waals surface area contributed by atoms with Crippen LogP contribution in [0, 0.1) is 0 Å². The minimum absolute atomic E-state index is 0.0271. The predicted octanol–water partition coefficient (Wildman–Crippen LogP) is 1.42. The van der Waals surface area contributed by atoms with Crippen LogP contribution in [0.3, 0.4) is 0 Å². The number of nitrogens with two attached hydrogens (primary N) is 1. The maximum absolute atomic E-state index is 11.4. The highest BCUT2D eigenvalue weighted by Crippen LogP contribution is 2.15. The zero-order chi connectivity index (χ0) is 9.84. The quantitative estimate of drug-likeness (QED) is 0.750. The molecule has 0 bridgehead atoms. The molecule has 68 valence electrons. The second-order valence-electron chi connectivity index (χ2n) is 2.30. The van der Waals surface area contributed by atoms with Crippen molar-refractivity contribution < 1.29 is 4.79 Å². The normalized spacial score (nSPS) is 9.31. The zero-order valence-corrected chi connectivity index (χ0v) is 8.98. The molecule has 0 aliphatic rings. The summed E-state index contributed by atoms with van der Waals surface area (Å²) in [6.07, 6.45) is 0. The largest absolute Gasteiger partial charge is 0.376 e. The first-order chi connectivity index (χ1) is 6.11. The maximum Gasteiger partial charge on any atom is 0.258 e. The van der Waals surface area contributed by atoms with Gasteiger partial charge in [0.1, 0.15) is 0 Å². The third-order valence-corrected chi connectivity index (χ3v) is 2.15. The van der Waals surface area contributed by atoms with Crippen molar-refractivity contribution >= 4 is 39.2 Å². The van der Waals surface area contributed by atoms with Crippen LogP contribution in [0.1, 0.15) is 10.4 Å². The molecule has 1 amide bonds. The number of carbonyl (C=O) groups is 1. The van der Waals surface area contributed by atoms with Crippen LogP contribution in [0.2, 0.25) is 0 Å². The van der Waals surface area contributed by atoms with Gasteiger partial charge in [-0.3, -0.25) is 10.1 Å². The SMILES string of the molecule is NC(=S)NC(=O)c1ccccc1Br. The van der Waals surface area contributed by atoms with E-state index in [0.717, 1.165) is 0 Å². The second kappa shape index (κ2) is 4.34. The maximum atomic E-state index is 11.4. The molecule has 0 saturated heterocycles. The van der Waals surface area contributed by atoms with Gasteiger partial charge in [0, 0.05) is 4.47 Å². The van der Waals surface area contributed by atoms with Gasteiger partial charge in [-0.15, -0.1) is 0 Å². The number of thiocarbonyl (C=S) groups is 1. The van der Waals surface area contributed by atoms with Crippen molar-refractivity contribution in [1.82, 2.24) is 5.32 Å². The average molecular weight is 259 g/mol. The van der Waals surface area contributed by atoms with E-state index < -0.39 is 0 Å². The highest BCUT2D eigenvalue weighted by molar-refractivity contribution is 9.10. The Balaban J connectivity index is 2.89. The third kappa shape index (κ3) is 2.78. The minimum Gasteiger partial charge on any atom is -0.376 e. The summed E-state index contributed by atoms with van der Waals surface area (Å²) in [4.78, 5) is 11.4. The van der Waals surface area contributed by atoms with E-state index in [1.165, 1.54) is 0 Å². The van der Waals surface area contributed by atoms with Crippen molar-refractivity contribution in [3.63, 3.8) is 0 Å². The van der Waals surface area contributed by atoms with Crippen LogP contribution < -0.4 is 11.1 Å². The molecule has 13 heavy (non-hydrogen) atoms. The number of hydrogen-bond acceptors (Lipinski definition) is 2. The van der Waals surface area contributed by atoms with Gasteiger partial charge in [-0.05, 0) is 40.3 Å². The summed E-state index contributed by atoms with van der Waals surface area (Å²) in [7, 11) is 0. The first-order valence-electron chi connectivity index (χ1n) is 3.46. The number of benzene rings is 1. The van der Waals surface area contributed by atoms with E-state index in [9.17, 15) is 4.79 Å². The van der Waals surface area contributed by atoms with Gasteiger partial charge < -0.3 is 5.73 Å². The van der Waals surface area contributed by atoms with Crippen molar-refractivity contribution in [3.8, 4) is 0 Å². The molecule has 0 heterocycles. The monoisotopic (exact) mass is 258 g/mol. The van der Waals surface area contributed by atoms with Crippen LogP contribution in [0.4, 0.5) is 0 Å². The third-order valence-electron chi connectivity index (χ3n) is 1.36. The standard InChI is InChI=1S/C8H7BrN2OS/c9-6-4-2-1-3-5(6)7(12)11-8(10)13/h1-4H,(H3,10,11,12,13). The predicted molar refractivity (Wildman–Crippen MR) is 58.4 cm³/mol. The molecule has 0 aliphatic heterocycles. The highest BCUT2D eigenvalue weighted by Gasteiger charge is 2.08. The summed E-state index contributed by atoms with van der Waals surface area (Å²) in [6.45, 7) is 0. The molecule has 0 aromatic heterocycles. The van der Waals surface area contributed by atoms with Gasteiger partial charge >= 0.3 is 0 Å². The molecule has 1 aromatic carbocycles. The van der Waals surface area contributed by atoms with Crippen molar-refractivity contribution in [1.29, 1.82) is 0 Å². The van der Waals surface area contributed by atoms with Crippen LogP contribution >= 0.6 is 28.1 Å². The summed E-state index contributed by atoms with van der Waals surface area (Å²) >= 11 is 7.79. The summed E-state index contributed by atoms with van der Waals surface area (Å²) in [6, 6.07) is 7.03. The fourth-order valence-corrected chi connectivity index (χ4v) is 1.38. The van der Waals surface area contributed by atoms with E-state index in [0.29, 0.717) is 10.0 Å². The summed E-state index contributed by atoms with van der Waals surface area (Å²) < 4.78 is 0.712. The molecule has 3 N–H and O–H groups in total. The van der Waals surface area contributed by atoms with Gasteiger partial charge in [-0.1, -0.05) is 12.1 Å². The Labute approximate surface area is 89.4 Å². The van der Waals surface area contributed by atoms with Gasteiger partial charge in [0.15, 0.2) is 5.11 Å². The number of halogens is 1. The zero-order valence-electron chi connectivity index (χ0n) is 6.58. The molecule has 3 nitrogen and oxygen atoms in total. The van der Waals surface area contributed by atoms with Crippen LogP contribution in [0.25, 0.3) is 0 Å². The molecule has 0 saturated carbocycles. The minimum atomic E-state index is -0.306. The molecule has 5 heteroatoms. The highest BCUT2D eigenvalue weighted by atomic mass is 79.9. The summed E-state index contributed by atoms with van der Waals surface area (Å²) in [5.74, 6) is -0.306. The Kier molecular flexibility index (Phi) is 3.39. The second-order valence-corrected chi connectivity index (χ2v) is 3.59. The molecule has 0 atom stereocenters. The van der Waals surface area contributed by atoms with E-state index in [-0.39, 0.29) is 11.0 Å². The molecule has 0 aliphatic carbocycles. The first kappa shape index (κ1) is 10.1. The van der Waals surface area contributed by atoms with E-state index in [2.05, 4.69) is 33.5 Å². The number of rotatable bonds is 1. The van der Waals surface area contributed by atoms with E-state index in [1.54, 1.807) is 18.2 Å². The smallest absolute Gasteiger partial charge is 0.258 e. The molecule has 1 aromatic rings. The van der Waals surface area contributed by atoms with Crippen molar-refractivity contribution in [2.24, 2.45) is 5.73 Å². The van der Waals surface area contributed by atoms with Gasteiger partial charge in [0.2, 0.25) is 0 Å². The summed E-state index contributed by atoms with van der Waals surface area (Å²) in [5, 5.41) is 2.31. The molecule has 0 spiro atoms. The Morgan fingerprint density at radius 3 is 2.62 bits per heavy atom. The lowest BCUT2D eigenvalue weighted by Crippen LogP contribution is -2.34.